The van der Waals surface area contributed by atoms with Gasteiger partial charge in [0.25, 0.3) is 11.1 Å². The van der Waals surface area contributed by atoms with Crippen molar-refractivity contribution in [2.75, 3.05) is 0 Å². The minimum atomic E-state index is -1.47. The number of carboxylic acid groups (broad SMARTS) is 2. The molecule has 0 aliphatic heterocycles. The molecule has 168 valence electrons. The summed E-state index contributed by atoms with van der Waals surface area (Å²) in [5, 5.41) is 22.2. The van der Waals surface area contributed by atoms with Gasteiger partial charge < -0.3 is 29.8 Å². The first kappa shape index (κ1) is 30.7. The Labute approximate surface area is 245 Å². The van der Waals surface area contributed by atoms with E-state index in [-0.39, 0.29) is 59.1 Å². The van der Waals surface area contributed by atoms with Crippen molar-refractivity contribution >= 4 is 55.0 Å². The van der Waals surface area contributed by atoms with Crippen molar-refractivity contribution in [1.29, 1.82) is 0 Å². The van der Waals surface area contributed by atoms with E-state index in [1.807, 2.05) is 27.7 Å². The van der Waals surface area contributed by atoms with E-state index in [0.29, 0.717) is 20.4 Å². The fourth-order valence-corrected chi connectivity index (χ4v) is 5.48. The zero-order valence-corrected chi connectivity index (χ0v) is 25.2. The first-order chi connectivity index (χ1) is 15.1. The number of fused-ring (bicyclic) bond motifs is 2. The first-order valence-corrected chi connectivity index (χ1v) is 11.2. The summed E-state index contributed by atoms with van der Waals surface area (Å²) in [5.74, 6) is -3.77. The van der Waals surface area contributed by atoms with Crippen molar-refractivity contribution in [3.8, 4) is 0 Å². The normalized spacial score (nSPS) is 10.2. The molecule has 0 unspecified atom stereocenters. The molecule has 0 saturated carbocycles. The molecule has 4 heterocycles. The van der Waals surface area contributed by atoms with Crippen molar-refractivity contribution in [3.63, 3.8) is 0 Å². The number of nitrogens with zero attached hydrogens (tertiary/aromatic N) is 2. The molecule has 0 bridgehead atoms. The van der Waals surface area contributed by atoms with E-state index in [9.17, 15) is 29.4 Å². The van der Waals surface area contributed by atoms with Gasteiger partial charge in [-0.3, -0.25) is 9.59 Å². The summed E-state index contributed by atoms with van der Waals surface area (Å²) in [5.41, 5.74) is 0.914. The summed E-state index contributed by atoms with van der Waals surface area (Å²) < 4.78 is 0. The zero-order valence-electron chi connectivity index (χ0n) is 19.6. The average Bonchev–Trinajstić information content (AvgIpc) is 3.24. The molecular weight excluding hydrogens is 502 g/mol. The van der Waals surface area contributed by atoms with Crippen LogP contribution in [-0.4, -0.2) is 31.9 Å². The van der Waals surface area contributed by atoms with Crippen LogP contribution in [0, 0.1) is 13.8 Å². The molecule has 0 saturated heterocycles. The largest absolute Gasteiger partial charge is 1.00 e. The Morgan fingerprint density at radius 1 is 0.765 bits per heavy atom. The molecule has 0 aliphatic rings. The van der Waals surface area contributed by atoms with E-state index in [1.54, 1.807) is 0 Å². The Hall–Kier alpha value is -1.38. The maximum absolute atomic E-state index is 11.7. The van der Waals surface area contributed by atoms with Gasteiger partial charge in [-0.2, -0.15) is 0 Å². The molecule has 4 rings (SSSR count). The van der Waals surface area contributed by atoms with Gasteiger partial charge in [0, 0.05) is 9.75 Å². The van der Waals surface area contributed by atoms with Gasteiger partial charge in [0.1, 0.15) is 21.6 Å². The Morgan fingerprint density at radius 2 is 1.09 bits per heavy atom. The second-order valence-corrected chi connectivity index (χ2v) is 8.94. The molecule has 4 aromatic heterocycles. The predicted octanol–water partition coefficient (Wildman–Crippen LogP) is -5.55. The Bertz CT molecular complexity index is 1380. The van der Waals surface area contributed by atoms with Crippen molar-refractivity contribution in [2.24, 2.45) is 0 Å². The molecule has 0 radical (unpaired) electrons. The van der Waals surface area contributed by atoms with Gasteiger partial charge in [0.15, 0.2) is 11.6 Å². The number of aromatic nitrogens is 4. The van der Waals surface area contributed by atoms with Gasteiger partial charge in [-0.05, 0) is 37.8 Å². The van der Waals surface area contributed by atoms with Crippen molar-refractivity contribution in [2.45, 2.75) is 40.5 Å². The summed E-state index contributed by atoms with van der Waals surface area (Å²) >= 11 is 2.69. The van der Waals surface area contributed by atoms with Crippen molar-refractivity contribution < 1.29 is 78.9 Å². The number of H-pyrrole nitrogens is 2. The number of carbonyl (C=O) groups excluding carboxylic acids is 2. The van der Waals surface area contributed by atoms with E-state index in [1.165, 1.54) is 22.7 Å². The molecule has 4 aromatic rings. The number of aromatic amines is 2. The van der Waals surface area contributed by atoms with E-state index >= 15 is 0 Å². The van der Waals surface area contributed by atoms with Crippen LogP contribution >= 0.6 is 22.7 Å². The fraction of sp³-hybridized carbons (Fsp3) is 0.300. The first-order valence-electron chi connectivity index (χ1n) is 9.56. The second kappa shape index (κ2) is 12.5. The minimum absolute atomic E-state index is 0. The number of hydrogen-bond donors (Lipinski definition) is 2. The molecular formula is C20H18N4Na2O6S2. The molecule has 0 amide bonds. The Balaban J connectivity index is 0.000000321. The third kappa shape index (κ3) is 6.05. The van der Waals surface area contributed by atoms with Crippen LogP contribution in [0.15, 0.2) is 9.59 Å². The molecule has 0 fully saturated rings. The number of carboxylic acids is 2. The number of aryl methyl sites for hydroxylation is 4. The number of aromatic carboxylic acids is 2. The number of rotatable bonds is 4. The maximum Gasteiger partial charge on any atom is 1.00 e. The smallest absolute Gasteiger partial charge is 0.542 e. The third-order valence-electron chi connectivity index (χ3n) is 4.83. The SMILES string of the molecule is CCc1sc2nc(C(=O)[O-])[nH]c(=O)c2c1C.CCc1sc2nc(C(=O)[O-])[nH]c(=O)c2c1C.[Na+].[Na+]. The van der Waals surface area contributed by atoms with Gasteiger partial charge in [-0.25, -0.2) is 9.97 Å². The Morgan fingerprint density at radius 3 is 1.35 bits per heavy atom. The maximum atomic E-state index is 11.7. The van der Waals surface area contributed by atoms with E-state index in [0.717, 1.165) is 33.7 Å². The van der Waals surface area contributed by atoms with E-state index < -0.39 is 34.7 Å². The summed E-state index contributed by atoms with van der Waals surface area (Å²) in [6.45, 7) is 7.64. The monoisotopic (exact) mass is 520 g/mol. The van der Waals surface area contributed by atoms with E-state index in [2.05, 4.69) is 19.9 Å². The van der Waals surface area contributed by atoms with Crippen LogP contribution in [0.5, 0.6) is 0 Å². The number of thiophene rings is 2. The second-order valence-electron chi connectivity index (χ2n) is 6.77. The summed E-state index contributed by atoms with van der Waals surface area (Å²) in [4.78, 5) is 59.7. The van der Waals surface area contributed by atoms with Crippen molar-refractivity contribution in [3.05, 3.63) is 53.2 Å². The van der Waals surface area contributed by atoms with Crippen LogP contribution in [0.1, 0.15) is 56.0 Å². The van der Waals surface area contributed by atoms with Crippen LogP contribution in [-0.2, 0) is 12.8 Å². The van der Waals surface area contributed by atoms with Crippen LogP contribution in [0.3, 0.4) is 0 Å². The summed E-state index contributed by atoms with van der Waals surface area (Å²) in [6.07, 6.45) is 1.60. The molecule has 0 atom stereocenters. The van der Waals surface area contributed by atoms with Gasteiger partial charge >= 0.3 is 59.1 Å². The van der Waals surface area contributed by atoms with Gasteiger partial charge in [-0.1, -0.05) is 13.8 Å². The van der Waals surface area contributed by atoms with E-state index in [4.69, 9.17) is 0 Å². The Kier molecular flexibility index (Phi) is 11.3. The number of carbonyl (C=O) groups is 2. The molecule has 2 N–H and O–H groups in total. The quantitative estimate of drug-likeness (QED) is 0.251. The molecule has 0 aromatic carbocycles. The van der Waals surface area contributed by atoms with Crippen LogP contribution in [0.4, 0.5) is 0 Å². The molecule has 0 aliphatic carbocycles. The van der Waals surface area contributed by atoms with Crippen LogP contribution in [0.2, 0.25) is 0 Å². The zero-order chi connectivity index (χ0) is 23.7. The standard InChI is InChI=1S/2C10H10N2O3S.2Na/c2*1-3-5-4(2)6-8(13)11-7(10(14)15)12-9(6)16-5;;/h2*3H2,1-2H3,(H,14,15)(H,11,12,13);;/q;;2*+1/p-2. The van der Waals surface area contributed by atoms with Gasteiger partial charge in [0.05, 0.1) is 10.8 Å². The summed E-state index contributed by atoms with van der Waals surface area (Å²) in [7, 11) is 0. The number of nitrogens with one attached hydrogen (secondary N) is 2. The molecule has 14 heteroatoms. The predicted molar refractivity (Wildman–Crippen MR) is 117 cm³/mol. The van der Waals surface area contributed by atoms with Gasteiger partial charge in [-0.15, -0.1) is 22.7 Å². The van der Waals surface area contributed by atoms with Crippen LogP contribution in [0.25, 0.3) is 20.4 Å². The van der Waals surface area contributed by atoms with Crippen LogP contribution < -0.4 is 80.4 Å². The number of hydrogen-bond acceptors (Lipinski definition) is 10. The fourth-order valence-electron chi connectivity index (χ4n) is 3.25. The minimum Gasteiger partial charge on any atom is -0.542 e. The molecule has 34 heavy (non-hydrogen) atoms. The van der Waals surface area contributed by atoms with Crippen molar-refractivity contribution in [1.82, 2.24) is 19.9 Å². The molecule has 0 spiro atoms. The average molecular weight is 521 g/mol. The third-order valence-corrected chi connectivity index (χ3v) is 7.49. The molecule has 10 nitrogen and oxygen atoms in total. The topological polar surface area (TPSA) is 172 Å². The summed E-state index contributed by atoms with van der Waals surface area (Å²) in [6, 6.07) is 0. The van der Waals surface area contributed by atoms with Gasteiger partial charge in [0.2, 0.25) is 0 Å².